The smallest absolute Gasteiger partial charge is 0.223 e. The monoisotopic (exact) mass is 358 g/mol. The van der Waals surface area contributed by atoms with Crippen molar-refractivity contribution in [2.24, 2.45) is 0 Å². The van der Waals surface area contributed by atoms with E-state index < -0.39 is 10.0 Å². The lowest BCUT2D eigenvalue weighted by molar-refractivity contribution is -0.129. The van der Waals surface area contributed by atoms with Crippen molar-refractivity contribution in [2.45, 2.75) is 12.8 Å². The highest BCUT2D eigenvalue weighted by Gasteiger charge is 2.11. The fourth-order valence-corrected chi connectivity index (χ4v) is 2.73. The molecule has 2 rings (SSSR count). The van der Waals surface area contributed by atoms with Crippen molar-refractivity contribution in [3.63, 3.8) is 0 Å². The molecule has 1 aromatic heterocycles. The van der Waals surface area contributed by atoms with Gasteiger partial charge in [-0.15, -0.1) is 0 Å². The van der Waals surface area contributed by atoms with Crippen molar-refractivity contribution in [1.29, 1.82) is 0 Å². The summed E-state index contributed by atoms with van der Waals surface area (Å²) in [7, 11) is -1.58. The van der Waals surface area contributed by atoms with Gasteiger partial charge in [-0.25, -0.2) is 18.1 Å². The average Bonchev–Trinajstić information content (AvgIpc) is 2.85. The van der Waals surface area contributed by atoms with Crippen LogP contribution >= 0.6 is 11.6 Å². The van der Waals surface area contributed by atoms with Crippen molar-refractivity contribution in [3.8, 4) is 0 Å². The van der Waals surface area contributed by atoms with Crippen LogP contribution in [-0.2, 0) is 21.2 Å². The van der Waals surface area contributed by atoms with Crippen LogP contribution in [0.3, 0.4) is 0 Å². The Bertz CT molecular complexity index is 803. The summed E-state index contributed by atoms with van der Waals surface area (Å²) in [6.07, 6.45) is 1.77. The van der Waals surface area contributed by atoms with Gasteiger partial charge in [0.2, 0.25) is 15.9 Å². The number of hydrogen-bond acceptors (Lipinski definition) is 4. The van der Waals surface area contributed by atoms with Gasteiger partial charge in [0.15, 0.2) is 0 Å². The Morgan fingerprint density at radius 3 is 2.87 bits per heavy atom. The molecule has 126 valence electrons. The fraction of sp³-hybridized carbons (Fsp3) is 0.429. The maximum Gasteiger partial charge on any atom is 0.223 e. The summed E-state index contributed by atoms with van der Waals surface area (Å²) < 4.78 is 24.2. The molecule has 0 aliphatic carbocycles. The first-order valence-corrected chi connectivity index (χ1v) is 9.34. The van der Waals surface area contributed by atoms with Gasteiger partial charge >= 0.3 is 0 Å². The normalized spacial score (nSPS) is 11.8. The van der Waals surface area contributed by atoms with Crippen LogP contribution in [0.2, 0.25) is 5.02 Å². The van der Waals surface area contributed by atoms with Crippen molar-refractivity contribution in [2.75, 3.05) is 26.4 Å². The van der Waals surface area contributed by atoms with Crippen molar-refractivity contribution >= 4 is 38.6 Å². The number of halogens is 1. The van der Waals surface area contributed by atoms with Gasteiger partial charge < -0.3 is 9.88 Å². The van der Waals surface area contributed by atoms with E-state index in [1.165, 1.54) is 0 Å². The van der Waals surface area contributed by atoms with Gasteiger partial charge in [0.05, 0.1) is 17.3 Å². The van der Waals surface area contributed by atoms with Gasteiger partial charge in [-0.1, -0.05) is 11.6 Å². The number of aromatic amines is 1. The summed E-state index contributed by atoms with van der Waals surface area (Å²) in [5, 5.41) is 0.637. The van der Waals surface area contributed by atoms with Crippen LogP contribution in [0.5, 0.6) is 0 Å². The topological polar surface area (TPSA) is 95.2 Å². The van der Waals surface area contributed by atoms with E-state index in [9.17, 15) is 13.2 Å². The SMILES string of the molecule is CN(CCc1nc2ccc(Cl)cc2[nH]1)C(=O)CCNS(C)(=O)=O. The standard InChI is InChI=1S/C14H19ClN4O3S/c1-19(14(20)5-7-16-23(2,21)22)8-6-13-17-11-4-3-10(15)9-12(11)18-13/h3-4,9,16H,5-8H2,1-2H3,(H,17,18). The molecule has 0 aliphatic rings. The van der Waals surface area contributed by atoms with E-state index in [-0.39, 0.29) is 18.9 Å². The van der Waals surface area contributed by atoms with E-state index in [0.717, 1.165) is 23.1 Å². The summed E-state index contributed by atoms with van der Waals surface area (Å²) >= 11 is 5.93. The lowest BCUT2D eigenvalue weighted by Crippen LogP contribution is -2.33. The van der Waals surface area contributed by atoms with Crippen molar-refractivity contribution in [3.05, 3.63) is 29.0 Å². The van der Waals surface area contributed by atoms with E-state index in [1.54, 1.807) is 24.1 Å². The zero-order chi connectivity index (χ0) is 17.0. The van der Waals surface area contributed by atoms with E-state index >= 15 is 0 Å². The summed E-state index contributed by atoms with van der Waals surface area (Å²) in [5.74, 6) is 0.650. The minimum Gasteiger partial charge on any atom is -0.345 e. The van der Waals surface area contributed by atoms with Crippen LogP contribution in [0.1, 0.15) is 12.2 Å². The Kier molecular flexibility index (Phi) is 5.61. The Balaban J connectivity index is 1.85. The van der Waals surface area contributed by atoms with Crippen LogP contribution in [-0.4, -0.2) is 55.6 Å². The maximum absolute atomic E-state index is 11.9. The number of rotatable bonds is 7. The molecule has 23 heavy (non-hydrogen) atoms. The number of amides is 1. The van der Waals surface area contributed by atoms with Crippen LogP contribution < -0.4 is 4.72 Å². The Morgan fingerprint density at radius 1 is 1.43 bits per heavy atom. The first-order valence-electron chi connectivity index (χ1n) is 7.07. The van der Waals surface area contributed by atoms with E-state index in [0.29, 0.717) is 18.0 Å². The molecule has 7 nitrogen and oxygen atoms in total. The largest absolute Gasteiger partial charge is 0.345 e. The molecule has 0 bridgehead atoms. The predicted molar refractivity (Wildman–Crippen MR) is 89.9 cm³/mol. The number of likely N-dealkylation sites (N-methyl/N-ethyl adjacent to an activating group) is 1. The number of carbonyl (C=O) groups excluding carboxylic acids is 1. The van der Waals surface area contributed by atoms with Gasteiger partial charge in [-0.3, -0.25) is 4.79 Å². The molecule has 0 fully saturated rings. The molecule has 0 aliphatic heterocycles. The van der Waals surface area contributed by atoms with Gasteiger partial charge in [0.1, 0.15) is 5.82 Å². The van der Waals surface area contributed by atoms with E-state index in [2.05, 4.69) is 14.7 Å². The summed E-state index contributed by atoms with van der Waals surface area (Å²) in [5.41, 5.74) is 1.69. The zero-order valence-corrected chi connectivity index (χ0v) is 14.5. The molecule has 2 N–H and O–H groups in total. The molecule has 1 heterocycles. The minimum atomic E-state index is -3.27. The Labute approximate surface area is 140 Å². The number of fused-ring (bicyclic) bond motifs is 1. The molecule has 0 saturated heterocycles. The number of nitrogens with zero attached hydrogens (tertiary/aromatic N) is 2. The molecule has 0 unspecified atom stereocenters. The molecule has 0 atom stereocenters. The van der Waals surface area contributed by atoms with Crippen LogP contribution in [0.25, 0.3) is 11.0 Å². The highest BCUT2D eigenvalue weighted by Crippen LogP contribution is 2.17. The molecule has 9 heteroatoms. The second kappa shape index (κ2) is 7.29. The zero-order valence-electron chi connectivity index (χ0n) is 13.0. The molecule has 2 aromatic rings. The second-order valence-corrected chi connectivity index (χ2v) is 7.60. The number of H-pyrrole nitrogens is 1. The number of imidazole rings is 1. The average molecular weight is 359 g/mol. The summed E-state index contributed by atoms with van der Waals surface area (Å²) in [6, 6.07) is 5.42. The number of aromatic nitrogens is 2. The summed E-state index contributed by atoms with van der Waals surface area (Å²) in [6.45, 7) is 0.594. The maximum atomic E-state index is 11.9. The van der Waals surface area contributed by atoms with Gasteiger partial charge in [-0.05, 0) is 18.2 Å². The molecule has 0 spiro atoms. The molecule has 0 saturated carbocycles. The lowest BCUT2D eigenvalue weighted by atomic mass is 10.3. The first kappa shape index (κ1) is 17.7. The molecule has 0 radical (unpaired) electrons. The van der Waals surface area contributed by atoms with Gasteiger partial charge in [0.25, 0.3) is 0 Å². The second-order valence-electron chi connectivity index (χ2n) is 5.33. The predicted octanol–water partition coefficient (Wildman–Crippen LogP) is 1.16. The Morgan fingerprint density at radius 2 is 2.17 bits per heavy atom. The molecular formula is C14H19ClN4O3S. The van der Waals surface area contributed by atoms with Gasteiger partial charge in [-0.2, -0.15) is 0 Å². The van der Waals surface area contributed by atoms with Crippen LogP contribution in [0.15, 0.2) is 18.2 Å². The van der Waals surface area contributed by atoms with E-state index in [1.807, 2.05) is 6.07 Å². The van der Waals surface area contributed by atoms with Crippen molar-refractivity contribution < 1.29 is 13.2 Å². The minimum absolute atomic E-state index is 0.102. The number of nitrogens with one attached hydrogen (secondary N) is 2. The molecule has 1 amide bonds. The van der Waals surface area contributed by atoms with Crippen molar-refractivity contribution in [1.82, 2.24) is 19.6 Å². The third-order valence-corrected chi connectivity index (χ3v) is 4.27. The third-order valence-electron chi connectivity index (χ3n) is 3.31. The third kappa shape index (κ3) is 5.49. The van der Waals surface area contributed by atoms with Crippen LogP contribution in [0, 0.1) is 0 Å². The highest BCUT2D eigenvalue weighted by molar-refractivity contribution is 7.88. The number of sulfonamides is 1. The summed E-state index contributed by atoms with van der Waals surface area (Å²) in [4.78, 5) is 21.1. The first-order chi connectivity index (χ1) is 10.7. The highest BCUT2D eigenvalue weighted by atomic mass is 35.5. The van der Waals surface area contributed by atoms with Crippen LogP contribution in [0.4, 0.5) is 0 Å². The molecule has 1 aromatic carbocycles. The number of benzene rings is 1. The quantitative estimate of drug-likeness (QED) is 0.776. The van der Waals surface area contributed by atoms with E-state index in [4.69, 9.17) is 11.6 Å². The fourth-order valence-electron chi connectivity index (χ4n) is 2.09. The number of carbonyl (C=O) groups is 1. The van der Waals surface area contributed by atoms with Gasteiger partial charge in [0, 0.05) is 38.0 Å². The number of hydrogen-bond donors (Lipinski definition) is 2. The molecular weight excluding hydrogens is 340 g/mol. The Hall–Kier alpha value is -1.64. The lowest BCUT2D eigenvalue weighted by Gasteiger charge is -2.16.